The summed E-state index contributed by atoms with van der Waals surface area (Å²) in [5, 5.41) is 18.1. The second-order valence-electron chi connectivity index (χ2n) is 4.96. The number of carboxylic acid groups (broad SMARTS) is 1. The maximum Gasteiger partial charge on any atom is 0.320 e. The highest BCUT2D eigenvalue weighted by Gasteiger charge is 2.33. The van der Waals surface area contributed by atoms with Gasteiger partial charge in [-0.05, 0) is 20.3 Å². The number of aliphatic carboxylic acids is 1. The summed E-state index contributed by atoms with van der Waals surface area (Å²) in [5.74, 6) is -0.750. The van der Waals surface area contributed by atoms with Gasteiger partial charge in [-0.15, -0.1) is 0 Å². The lowest BCUT2D eigenvalue weighted by atomic mass is 10.0. The maximum absolute atomic E-state index is 11.1. The second-order valence-corrected chi connectivity index (χ2v) is 4.96. The number of hydrogen-bond acceptors (Lipinski definition) is 4. The minimum atomic E-state index is -0.750. The van der Waals surface area contributed by atoms with Crippen LogP contribution in [0.15, 0.2) is 0 Å². The van der Waals surface area contributed by atoms with Crippen molar-refractivity contribution in [1.82, 2.24) is 9.80 Å². The summed E-state index contributed by atoms with van der Waals surface area (Å²) < 4.78 is 0. The lowest BCUT2D eigenvalue weighted by molar-refractivity contribution is -0.144. The molecule has 1 atom stereocenters. The molecule has 17 heavy (non-hydrogen) atoms. The molecule has 1 N–H and O–H groups in total. The second kappa shape index (κ2) is 5.48. The zero-order chi connectivity index (χ0) is 13.1. The molecule has 0 aromatic carbocycles. The van der Waals surface area contributed by atoms with Crippen LogP contribution in [0.1, 0.15) is 27.2 Å². The third-order valence-corrected chi connectivity index (χ3v) is 3.49. The Hall–Kier alpha value is -1.12. The molecule has 1 unspecified atom stereocenters. The molecule has 1 rings (SSSR count). The first kappa shape index (κ1) is 13.9. The minimum absolute atomic E-state index is 0.387. The van der Waals surface area contributed by atoms with Gasteiger partial charge in [-0.25, -0.2) is 0 Å². The first-order valence-corrected chi connectivity index (χ1v) is 6.05. The van der Waals surface area contributed by atoms with E-state index in [-0.39, 0.29) is 6.04 Å². The first-order valence-electron chi connectivity index (χ1n) is 6.05. The Kier molecular flexibility index (Phi) is 4.49. The van der Waals surface area contributed by atoms with E-state index < -0.39 is 11.5 Å². The molecular weight excluding hydrogens is 218 g/mol. The zero-order valence-electron chi connectivity index (χ0n) is 10.8. The van der Waals surface area contributed by atoms with Crippen molar-refractivity contribution in [1.29, 1.82) is 5.26 Å². The lowest BCUT2D eigenvalue weighted by Gasteiger charge is -2.42. The van der Waals surface area contributed by atoms with E-state index in [2.05, 4.69) is 11.0 Å². The molecule has 0 saturated carbocycles. The third kappa shape index (κ3) is 3.18. The fourth-order valence-corrected chi connectivity index (χ4v) is 2.25. The summed E-state index contributed by atoms with van der Waals surface area (Å²) in [4.78, 5) is 15.2. The summed E-state index contributed by atoms with van der Waals surface area (Å²) in [6.45, 7) is 8.64. The summed E-state index contributed by atoms with van der Waals surface area (Å²) in [6, 6.07) is 1.90. The normalized spacial score (nSPS) is 20.8. The number of nitrogens with zero attached hydrogens (tertiary/aromatic N) is 3. The smallest absolute Gasteiger partial charge is 0.320 e. The fourth-order valence-electron chi connectivity index (χ4n) is 2.25. The number of rotatable bonds is 4. The molecule has 0 aliphatic carbocycles. The van der Waals surface area contributed by atoms with Crippen LogP contribution in [0.3, 0.4) is 0 Å². The molecule has 1 aliphatic heterocycles. The molecule has 0 aromatic heterocycles. The minimum Gasteiger partial charge on any atom is -0.480 e. The molecule has 1 saturated heterocycles. The molecular formula is C12H21N3O2. The Morgan fingerprint density at radius 2 is 1.94 bits per heavy atom. The quantitative estimate of drug-likeness (QED) is 0.785. The van der Waals surface area contributed by atoms with Crippen LogP contribution in [0, 0.1) is 11.3 Å². The van der Waals surface area contributed by atoms with Crippen LogP contribution < -0.4 is 0 Å². The average Bonchev–Trinajstić information content (AvgIpc) is 2.30. The van der Waals surface area contributed by atoms with E-state index in [1.807, 2.05) is 25.7 Å². The Bertz CT molecular complexity index is 314. The standard InChI is InChI=1S/C12H21N3O2/c1-4-10(11(16)17)14-5-7-15(8-6-14)12(2,3)9-13/h10H,4-8H2,1-3H3,(H,16,17). The Balaban J connectivity index is 2.57. The first-order chi connectivity index (χ1) is 7.92. The van der Waals surface area contributed by atoms with Crippen LogP contribution in [0.2, 0.25) is 0 Å². The van der Waals surface area contributed by atoms with Crippen LogP contribution in [0.25, 0.3) is 0 Å². The summed E-state index contributed by atoms with van der Waals surface area (Å²) in [5.41, 5.74) is -0.461. The number of nitriles is 1. The van der Waals surface area contributed by atoms with E-state index in [9.17, 15) is 4.79 Å². The molecule has 0 amide bonds. The van der Waals surface area contributed by atoms with E-state index in [1.54, 1.807) is 0 Å². The molecule has 1 aliphatic rings. The van der Waals surface area contributed by atoms with Gasteiger partial charge in [0.2, 0.25) is 0 Å². The maximum atomic E-state index is 11.1. The number of carbonyl (C=O) groups is 1. The van der Waals surface area contributed by atoms with Crippen molar-refractivity contribution in [2.45, 2.75) is 38.8 Å². The van der Waals surface area contributed by atoms with Gasteiger partial charge in [0.05, 0.1) is 6.07 Å². The van der Waals surface area contributed by atoms with E-state index in [1.165, 1.54) is 0 Å². The van der Waals surface area contributed by atoms with E-state index in [0.717, 1.165) is 26.2 Å². The predicted molar refractivity (Wildman–Crippen MR) is 64.6 cm³/mol. The van der Waals surface area contributed by atoms with Crippen molar-refractivity contribution < 1.29 is 9.90 Å². The van der Waals surface area contributed by atoms with Crippen LogP contribution in [0.5, 0.6) is 0 Å². The summed E-state index contributed by atoms with van der Waals surface area (Å²) >= 11 is 0. The molecule has 0 radical (unpaired) electrons. The zero-order valence-corrected chi connectivity index (χ0v) is 10.8. The van der Waals surface area contributed by atoms with Gasteiger partial charge in [-0.1, -0.05) is 6.92 Å². The van der Waals surface area contributed by atoms with Crippen LogP contribution >= 0.6 is 0 Å². The Morgan fingerprint density at radius 1 is 1.41 bits per heavy atom. The fraction of sp³-hybridized carbons (Fsp3) is 0.833. The van der Waals surface area contributed by atoms with Crippen LogP contribution in [-0.4, -0.2) is 58.6 Å². The van der Waals surface area contributed by atoms with Gasteiger partial charge in [0.1, 0.15) is 11.6 Å². The SMILES string of the molecule is CCC(C(=O)O)N1CCN(C(C)(C)C#N)CC1. The van der Waals surface area contributed by atoms with Crippen LogP contribution in [0.4, 0.5) is 0 Å². The largest absolute Gasteiger partial charge is 0.480 e. The molecule has 0 bridgehead atoms. The molecule has 0 spiro atoms. The van der Waals surface area contributed by atoms with Crippen molar-refractivity contribution in [3.05, 3.63) is 0 Å². The van der Waals surface area contributed by atoms with E-state index in [4.69, 9.17) is 10.4 Å². The molecule has 1 heterocycles. The Labute approximate surface area is 103 Å². The van der Waals surface area contributed by atoms with Gasteiger partial charge in [-0.3, -0.25) is 14.6 Å². The molecule has 0 aromatic rings. The molecule has 1 fully saturated rings. The lowest BCUT2D eigenvalue weighted by Crippen LogP contribution is -2.57. The van der Waals surface area contributed by atoms with Gasteiger partial charge < -0.3 is 5.11 Å². The molecule has 5 heteroatoms. The average molecular weight is 239 g/mol. The molecule has 5 nitrogen and oxygen atoms in total. The van der Waals surface area contributed by atoms with Gasteiger partial charge in [0.25, 0.3) is 0 Å². The number of hydrogen-bond donors (Lipinski definition) is 1. The highest BCUT2D eigenvalue weighted by molar-refractivity contribution is 5.73. The van der Waals surface area contributed by atoms with Crippen molar-refractivity contribution in [3.63, 3.8) is 0 Å². The van der Waals surface area contributed by atoms with Gasteiger partial charge in [0, 0.05) is 26.2 Å². The third-order valence-electron chi connectivity index (χ3n) is 3.49. The van der Waals surface area contributed by atoms with E-state index >= 15 is 0 Å². The van der Waals surface area contributed by atoms with Crippen molar-refractivity contribution >= 4 is 5.97 Å². The van der Waals surface area contributed by atoms with E-state index in [0.29, 0.717) is 6.42 Å². The van der Waals surface area contributed by atoms with Crippen molar-refractivity contribution in [2.24, 2.45) is 0 Å². The predicted octanol–water partition coefficient (Wildman–Crippen LogP) is 0.769. The Morgan fingerprint density at radius 3 is 2.29 bits per heavy atom. The highest BCUT2D eigenvalue weighted by Crippen LogP contribution is 2.17. The van der Waals surface area contributed by atoms with Crippen LogP contribution in [-0.2, 0) is 4.79 Å². The highest BCUT2D eigenvalue weighted by atomic mass is 16.4. The number of piperazine rings is 1. The van der Waals surface area contributed by atoms with Gasteiger partial charge in [0.15, 0.2) is 0 Å². The summed E-state index contributed by atoms with van der Waals surface area (Å²) in [6.07, 6.45) is 0.622. The topological polar surface area (TPSA) is 67.6 Å². The van der Waals surface area contributed by atoms with Crippen molar-refractivity contribution in [3.8, 4) is 6.07 Å². The molecule has 96 valence electrons. The van der Waals surface area contributed by atoms with Gasteiger partial charge >= 0.3 is 5.97 Å². The number of carboxylic acids is 1. The van der Waals surface area contributed by atoms with Gasteiger partial charge in [-0.2, -0.15) is 5.26 Å². The monoisotopic (exact) mass is 239 g/mol. The summed E-state index contributed by atoms with van der Waals surface area (Å²) in [7, 11) is 0. The van der Waals surface area contributed by atoms with Crippen molar-refractivity contribution in [2.75, 3.05) is 26.2 Å².